The molecule has 2 unspecified atom stereocenters. The maximum Gasteiger partial charge on any atom is 0.321 e. The van der Waals surface area contributed by atoms with Crippen LogP contribution in [0.3, 0.4) is 0 Å². The average Bonchev–Trinajstić information content (AvgIpc) is 2.35. The Balaban J connectivity index is 0. The van der Waals surface area contributed by atoms with E-state index in [1.807, 2.05) is 0 Å². The molecule has 116 valence electrons. The Bertz CT molecular complexity index is 360. The highest BCUT2D eigenvalue weighted by molar-refractivity contribution is 5.83. The number of nitrogens with one attached hydrogen (secondary N) is 1. The van der Waals surface area contributed by atoms with Gasteiger partial charge in [0, 0.05) is 13.5 Å². The van der Waals surface area contributed by atoms with E-state index in [4.69, 9.17) is 27.4 Å². The van der Waals surface area contributed by atoms with Crippen molar-refractivity contribution in [1.29, 1.82) is 0 Å². The molecule has 10 heteroatoms. The molecule has 0 radical (unpaired) electrons. The Hall–Kier alpha value is -2.20. The summed E-state index contributed by atoms with van der Waals surface area (Å²) in [4.78, 5) is 40.7. The fourth-order valence-corrected chi connectivity index (χ4v) is 0.810. The number of rotatable bonds is 7. The molecule has 0 rings (SSSR count). The van der Waals surface area contributed by atoms with Crippen LogP contribution in [0.15, 0.2) is 0 Å². The average molecular weight is 292 g/mol. The summed E-state index contributed by atoms with van der Waals surface area (Å²) < 4.78 is 0. The molecule has 0 aliphatic rings. The largest absolute Gasteiger partial charge is 0.480 e. The Morgan fingerprint density at radius 2 is 1.50 bits per heavy atom. The van der Waals surface area contributed by atoms with Crippen molar-refractivity contribution in [3.05, 3.63) is 0 Å². The molecule has 0 aliphatic carbocycles. The van der Waals surface area contributed by atoms with Crippen molar-refractivity contribution >= 4 is 23.8 Å². The predicted molar refractivity (Wildman–Crippen MR) is 68.3 cm³/mol. The monoisotopic (exact) mass is 292 g/mol. The molecule has 0 aromatic rings. The standard InChI is InChI=1S/2C5H10N2O3/c1-7-4(8)2-3(6)5(9)10;6-3(5(9)10)1-2-4(7)8/h3H,2,6H2,1H3,(H,7,8)(H,9,10);3H,1-2,6H2,(H2,7,8)(H,9,10). The number of amides is 2. The molecule has 2 amide bonds. The van der Waals surface area contributed by atoms with E-state index in [9.17, 15) is 19.2 Å². The first-order chi connectivity index (χ1) is 9.11. The van der Waals surface area contributed by atoms with E-state index in [1.165, 1.54) is 7.05 Å². The SMILES string of the molecule is CNC(=O)CC(N)C(=O)O.NC(=O)CCC(N)C(=O)O. The highest BCUT2D eigenvalue weighted by Gasteiger charge is 2.14. The van der Waals surface area contributed by atoms with E-state index >= 15 is 0 Å². The summed E-state index contributed by atoms with van der Waals surface area (Å²) in [5.41, 5.74) is 14.8. The van der Waals surface area contributed by atoms with Gasteiger partial charge in [0.05, 0.1) is 6.42 Å². The van der Waals surface area contributed by atoms with E-state index in [-0.39, 0.29) is 25.2 Å². The number of primary amides is 1. The lowest BCUT2D eigenvalue weighted by Gasteiger charge is -2.03. The van der Waals surface area contributed by atoms with E-state index in [0.29, 0.717) is 0 Å². The number of aliphatic carboxylic acids is 2. The van der Waals surface area contributed by atoms with E-state index in [0.717, 1.165) is 0 Å². The molecule has 9 N–H and O–H groups in total. The second-order valence-electron chi connectivity index (χ2n) is 3.77. The Kier molecular flexibility index (Phi) is 10.8. The van der Waals surface area contributed by atoms with Gasteiger partial charge in [-0.15, -0.1) is 0 Å². The molecule has 0 heterocycles. The quantitative estimate of drug-likeness (QED) is 0.289. The molecule has 0 saturated carbocycles. The molecule has 10 nitrogen and oxygen atoms in total. The third kappa shape index (κ3) is 12.3. The van der Waals surface area contributed by atoms with Crippen molar-refractivity contribution in [1.82, 2.24) is 5.32 Å². The third-order valence-electron chi connectivity index (χ3n) is 2.02. The van der Waals surface area contributed by atoms with Gasteiger partial charge in [-0.3, -0.25) is 19.2 Å². The summed E-state index contributed by atoms with van der Waals surface area (Å²) in [7, 11) is 1.43. The number of nitrogens with two attached hydrogens (primary N) is 3. The van der Waals surface area contributed by atoms with Gasteiger partial charge in [0.2, 0.25) is 11.8 Å². The van der Waals surface area contributed by atoms with Gasteiger partial charge in [0.15, 0.2) is 0 Å². The second kappa shape index (κ2) is 10.7. The van der Waals surface area contributed by atoms with Crippen LogP contribution in [-0.4, -0.2) is 53.1 Å². The number of carbonyl (C=O) groups is 4. The molecule has 0 aromatic heterocycles. The molecular formula is C10H20N4O6. The Labute approximate surface area is 115 Å². The van der Waals surface area contributed by atoms with Crippen LogP contribution >= 0.6 is 0 Å². The Morgan fingerprint density at radius 3 is 1.80 bits per heavy atom. The van der Waals surface area contributed by atoms with Gasteiger partial charge in [-0.05, 0) is 6.42 Å². The van der Waals surface area contributed by atoms with Crippen molar-refractivity contribution in [2.24, 2.45) is 17.2 Å². The molecule has 0 bridgehead atoms. The molecule has 0 aromatic carbocycles. The molecule has 0 aliphatic heterocycles. The first kappa shape index (κ1) is 20.1. The lowest BCUT2D eigenvalue weighted by atomic mass is 10.2. The van der Waals surface area contributed by atoms with Gasteiger partial charge in [-0.1, -0.05) is 0 Å². The summed E-state index contributed by atoms with van der Waals surface area (Å²) in [6, 6.07) is -2.08. The van der Waals surface area contributed by atoms with Crippen molar-refractivity contribution in [3.8, 4) is 0 Å². The number of hydrogen-bond donors (Lipinski definition) is 6. The smallest absolute Gasteiger partial charge is 0.321 e. The van der Waals surface area contributed by atoms with Gasteiger partial charge >= 0.3 is 11.9 Å². The van der Waals surface area contributed by atoms with Gasteiger partial charge in [-0.2, -0.15) is 0 Å². The van der Waals surface area contributed by atoms with Crippen LogP contribution in [-0.2, 0) is 19.2 Å². The highest BCUT2D eigenvalue weighted by Crippen LogP contribution is 1.92. The minimum atomic E-state index is -1.16. The fourth-order valence-electron chi connectivity index (χ4n) is 0.810. The number of hydrogen-bond acceptors (Lipinski definition) is 6. The highest BCUT2D eigenvalue weighted by atomic mass is 16.4. The lowest BCUT2D eigenvalue weighted by Crippen LogP contribution is -2.35. The second-order valence-corrected chi connectivity index (χ2v) is 3.77. The first-order valence-corrected chi connectivity index (χ1v) is 5.57. The zero-order valence-electron chi connectivity index (χ0n) is 11.0. The van der Waals surface area contributed by atoms with Crippen LogP contribution in [0.2, 0.25) is 0 Å². The van der Waals surface area contributed by atoms with E-state index < -0.39 is 29.9 Å². The van der Waals surface area contributed by atoms with Gasteiger partial charge in [-0.25, -0.2) is 0 Å². The summed E-state index contributed by atoms with van der Waals surface area (Å²) in [5.74, 6) is -3.17. The van der Waals surface area contributed by atoms with Gasteiger partial charge in [0.1, 0.15) is 12.1 Å². The van der Waals surface area contributed by atoms with Crippen LogP contribution in [0.25, 0.3) is 0 Å². The number of carboxylic acid groups (broad SMARTS) is 2. The molecule has 0 fully saturated rings. The molecule has 0 saturated heterocycles. The normalized spacial score (nSPS) is 12.3. The van der Waals surface area contributed by atoms with Crippen LogP contribution in [0, 0.1) is 0 Å². The summed E-state index contributed by atoms with van der Waals surface area (Å²) in [6.45, 7) is 0. The maximum absolute atomic E-state index is 10.5. The number of carbonyl (C=O) groups excluding carboxylic acids is 2. The Morgan fingerprint density at radius 1 is 1.05 bits per heavy atom. The molecule has 20 heavy (non-hydrogen) atoms. The molecule has 0 spiro atoms. The van der Waals surface area contributed by atoms with Crippen LogP contribution in [0.5, 0.6) is 0 Å². The minimum absolute atomic E-state index is 0.0213. The summed E-state index contributed by atoms with van der Waals surface area (Å²) >= 11 is 0. The van der Waals surface area contributed by atoms with Crippen LogP contribution in [0.1, 0.15) is 19.3 Å². The maximum atomic E-state index is 10.5. The lowest BCUT2D eigenvalue weighted by molar-refractivity contribution is -0.140. The van der Waals surface area contributed by atoms with Crippen molar-refractivity contribution in [2.75, 3.05) is 7.05 Å². The third-order valence-corrected chi connectivity index (χ3v) is 2.02. The van der Waals surface area contributed by atoms with Gasteiger partial charge < -0.3 is 32.7 Å². The van der Waals surface area contributed by atoms with E-state index in [1.54, 1.807) is 0 Å². The summed E-state index contributed by atoms with van der Waals surface area (Å²) in [6.07, 6.45) is -0.0516. The van der Waals surface area contributed by atoms with E-state index in [2.05, 4.69) is 5.32 Å². The van der Waals surface area contributed by atoms with Crippen molar-refractivity contribution in [2.45, 2.75) is 31.3 Å². The predicted octanol–water partition coefficient (Wildman–Crippen LogP) is -2.80. The number of carboxylic acids is 2. The summed E-state index contributed by atoms with van der Waals surface area (Å²) in [5, 5.41) is 18.7. The van der Waals surface area contributed by atoms with Gasteiger partial charge in [0.25, 0.3) is 0 Å². The van der Waals surface area contributed by atoms with Crippen molar-refractivity contribution in [3.63, 3.8) is 0 Å². The zero-order chi connectivity index (χ0) is 16.3. The van der Waals surface area contributed by atoms with Crippen molar-refractivity contribution < 1.29 is 29.4 Å². The first-order valence-electron chi connectivity index (χ1n) is 5.57. The molecule has 2 atom stereocenters. The molecular weight excluding hydrogens is 272 g/mol. The topological polar surface area (TPSA) is 199 Å². The minimum Gasteiger partial charge on any atom is -0.480 e. The van der Waals surface area contributed by atoms with Crippen LogP contribution in [0.4, 0.5) is 0 Å². The fraction of sp³-hybridized carbons (Fsp3) is 0.600. The van der Waals surface area contributed by atoms with Crippen LogP contribution < -0.4 is 22.5 Å². The zero-order valence-corrected chi connectivity index (χ0v) is 11.0.